The summed E-state index contributed by atoms with van der Waals surface area (Å²) in [6, 6.07) is 14.1. The number of hydrogen-bond acceptors (Lipinski definition) is 5. The van der Waals surface area contributed by atoms with E-state index in [4.69, 9.17) is 9.72 Å². The highest BCUT2D eigenvalue weighted by molar-refractivity contribution is 5.86. The Balaban J connectivity index is 1.30. The lowest BCUT2D eigenvalue weighted by atomic mass is 10.0. The zero-order valence-corrected chi connectivity index (χ0v) is 18.3. The molecular formula is C27H24N4O2. The summed E-state index contributed by atoms with van der Waals surface area (Å²) >= 11 is 0. The van der Waals surface area contributed by atoms with E-state index in [0.717, 1.165) is 77.1 Å². The molecule has 6 rings (SSSR count). The van der Waals surface area contributed by atoms with Gasteiger partial charge in [-0.1, -0.05) is 24.3 Å². The second-order valence-electron chi connectivity index (χ2n) is 8.50. The van der Waals surface area contributed by atoms with Gasteiger partial charge in [-0.05, 0) is 40.3 Å². The van der Waals surface area contributed by atoms with E-state index in [9.17, 15) is 4.79 Å². The van der Waals surface area contributed by atoms with Crippen molar-refractivity contribution < 1.29 is 4.74 Å². The molecule has 0 atom stereocenters. The maximum absolute atomic E-state index is 13.0. The SMILES string of the molecule is O=c1cc(C2=CCc3ncc(N4CCOCC4)cc32)ccn1Cc1cccc2cnccc12. The predicted octanol–water partition coefficient (Wildman–Crippen LogP) is 3.66. The molecule has 1 fully saturated rings. The minimum atomic E-state index is -0.00907. The maximum atomic E-state index is 13.0. The van der Waals surface area contributed by atoms with Gasteiger partial charge in [0.2, 0.25) is 0 Å². The molecule has 4 heterocycles. The number of rotatable bonds is 4. The first-order valence-corrected chi connectivity index (χ1v) is 11.3. The summed E-state index contributed by atoms with van der Waals surface area (Å²) in [5.41, 5.74) is 6.43. The van der Waals surface area contributed by atoms with E-state index < -0.39 is 0 Å². The van der Waals surface area contributed by atoms with Crippen molar-refractivity contribution >= 4 is 22.0 Å². The zero-order valence-electron chi connectivity index (χ0n) is 18.3. The molecule has 4 aromatic rings. The monoisotopic (exact) mass is 436 g/mol. The molecule has 0 spiro atoms. The van der Waals surface area contributed by atoms with Crippen LogP contribution in [0.25, 0.3) is 16.3 Å². The van der Waals surface area contributed by atoms with Crippen molar-refractivity contribution in [3.8, 4) is 0 Å². The van der Waals surface area contributed by atoms with Crippen molar-refractivity contribution in [1.82, 2.24) is 14.5 Å². The Kier molecular flexibility index (Phi) is 5.00. The number of pyridine rings is 3. The van der Waals surface area contributed by atoms with Gasteiger partial charge in [0.05, 0.1) is 37.3 Å². The molecule has 164 valence electrons. The maximum Gasteiger partial charge on any atom is 0.251 e. The van der Waals surface area contributed by atoms with E-state index >= 15 is 0 Å². The Hall–Kier alpha value is -3.77. The lowest BCUT2D eigenvalue weighted by Crippen LogP contribution is -2.36. The summed E-state index contributed by atoms with van der Waals surface area (Å²) in [4.78, 5) is 24.3. The lowest BCUT2D eigenvalue weighted by molar-refractivity contribution is 0.122. The smallest absolute Gasteiger partial charge is 0.251 e. The molecule has 1 saturated heterocycles. The van der Waals surface area contributed by atoms with Gasteiger partial charge in [0.1, 0.15) is 0 Å². The molecule has 2 aliphatic rings. The van der Waals surface area contributed by atoms with Gasteiger partial charge in [0, 0.05) is 55.1 Å². The minimum absolute atomic E-state index is 0.00907. The molecule has 1 aliphatic carbocycles. The van der Waals surface area contributed by atoms with Gasteiger partial charge in [0.25, 0.3) is 5.56 Å². The Morgan fingerprint density at radius 2 is 1.94 bits per heavy atom. The van der Waals surface area contributed by atoms with E-state index in [0.29, 0.717) is 6.54 Å². The molecular weight excluding hydrogens is 412 g/mol. The van der Waals surface area contributed by atoms with Gasteiger partial charge in [-0.15, -0.1) is 0 Å². The second-order valence-corrected chi connectivity index (χ2v) is 8.50. The van der Waals surface area contributed by atoms with E-state index in [1.807, 2.05) is 42.9 Å². The first-order chi connectivity index (χ1) is 16.3. The van der Waals surface area contributed by atoms with Crippen LogP contribution in [0.1, 0.15) is 22.4 Å². The fourth-order valence-corrected chi connectivity index (χ4v) is 4.77. The number of ether oxygens (including phenoxy) is 1. The number of allylic oxidation sites excluding steroid dienone is 1. The van der Waals surface area contributed by atoms with E-state index in [1.165, 1.54) is 0 Å². The third kappa shape index (κ3) is 3.72. The Morgan fingerprint density at radius 3 is 2.82 bits per heavy atom. The average Bonchev–Trinajstić information content (AvgIpc) is 3.29. The summed E-state index contributed by atoms with van der Waals surface area (Å²) in [5, 5.41) is 2.20. The molecule has 1 aromatic carbocycles. The van der Waals surface area contributed by atoms with Crippen LogP contribution in [0, 0.1) is 0 Å². The van der Waals surface area contributed by atoms with Crippen molar-refractivity contribution in [2.45, 2.75) is 13.0 Å². The second kappa shape index (κ2) is 8.30. The molecule has 6 nitrogen and oxygen atoms in total. The first kappa shape index (κ1) is 19.9. The first-order valence-electron chi connectivity index (χ1n) is 11.3. The highest BCUT2D eigenvalue weighted by Crippen LogP contribution is 2.33. The molecule has 3 aromatic heterocycles. The Labute approximate surface area is 191 Å². The number of aromatic nitrogens is 3. The lowest BCUT2D eigenvalue weighted by Gasteiger charge is -2.29. The largest absolute Gasteiger partial charge is 0.378 e. The fourth-order valence-electron chi connectivity index (χ4n) is 4.77. The number of fused-ring (bicyclic) bond motifs is 2. The molecule has 0 saturated carbocycles. The third-order valence-electron chi connectivity index (χ3n) is 6.54. The number of morpholine rings is 1. The highest BCUT2D eigenvalue weighted by Gasteiger charge is 2.20. The minimum Gasteiger partial charge on any atom is -0.378 e. The van der Waals surface area contributed by atoms with Gasteiger partial charge >= 0.3 is 0 Å². The van der Waals surface area contributed by atoms with E-state index in [2.05, 4.69) is 28.1 Å². The van der Waals surface area contributed by atoms with E-state index in [1.54, 1.807) is 16.8 Å². The summed E-state index contributed by atoms with van der Waals surface area (Å²) in [5.74, 6) is 0. The van der Waals surface area contributed by atoms with Crippen molar-refractivity contribution in [2.24, 2.45) is 0 Å². The van der Waals surface area contributed by atoms with Gasteiger partial charge in [0.15, 0.2) is 0 Å². The quantitative estimate of drug-likeness (QED) is 0.489. The van der Waals surface area contributed by atoms with Crippen LogP contribution in [0.2, 0.25) is 0 Å². The molecule has 0 radical (unpaired) electrons. The van der Waals surface area contributed by atoms with Crippen molar-refractivity contribution in [1.29, 1.82) is 0 Å². The predicted molar refractivity (Wildman–Crippen MR) is 130 cm³/mol. The van der Waals surface area contributed by atoms with Crippen LogP contribution < -0.4 is 10.5 Å². The molecule has 0 N–H and O–H groups in total. The zero-order chi connectivity index (χ0) is 22.2. The summed E-state index contributed by atoms with van der Waals surface area (Å²) < 4.78 is 7.24. The van der Waals surface area contributed by atoms with Gasteiger partial charge in [-0.3, -0.25) is 14.8 Å². The summed E-state index contributed by atoms with van der Waals surface area (Å²) in [6.45, 7) is 3.76. The summed E-state index contributed by atoms with van der Waals surface area (Å²) in [7, 11) is 0. The number of nitrogens with zero attached hydrogens (tertiary/aromatic N) is 4. The van der Waals surface area contributed by atoms with Crippen molar-refractivity contribution in [3.05, 3.63) is 106 Å². The van der Waals surface area contributed by atoms with E-state index in [-0.39, 0.29) is 5.56 Å². The molecule has 0 bridgehead atoms. The van der Waals surface area contributed by atoms with Gasteiger partial charge < -0.3 is 14.2 Å². The Bertz CT molecular complexity index is 1430. The van der Waals surface area contributed by atoms with Crippen LogP contribution in [-0.4, -0.2) is 40.8 Å². The van der Waals surface area contributed by atoms with Crippen LogP contribution >= 0.6 is 0 Å². The topological polar surface area (TPSA) is 60.3 Å². The van der Waals surface area contributed by atoms with Crippen LogP contribution in [0.5, 0.6) is 0 Å². The fraction of sp³-hybridized carbons (Fsp3) is 0.222. The Morgan fingerprint density at radius 1 is 1.03 bits per heavy atom. The van der Waals surface area contributed by atoms with Crippen LogP contribution in [-0.2, 0) is 17.7 Å². The molecule has 0 amide bonds. The van der Waals surface area contributed by atoms with Crippen molar-refractivity contribution in [2.75, 3.05) is 31.2 Å². The standard InChI is InChI=1S/C27H24N4O2/c32-27-14-19(7-9-31(27)18-21-3-1-2-20-16-28-8-6-23(20)21)24-4-5-26-25(24)15-22(17-29-26)30-10-12-33-13-11-30/h1-4,6-9,14-17H,5,10-13,18H2. The van der Waals surface area contributed by atoms with Crippen molar-refractivity contribution in [3.63, 3.8) is 0 Å². The molecule has 0 unspecified atom stereocenters. The van der Waals surface area contributed by atoms with Crippen LogP contribution in [0.3, 0.4) is 0 Å². The third-order valence-corrected chi connectivity index (χ3v) is 6.54. The molecule has 1 aliphatic heterocycles. The molecule has 33 heavy (non-hydrogen) atoms. The summed E-state index contributed by atoms with van der Waals surface area (Å²) in [6.07, 6.45) is 10.5. The van der Waals surface area contributed by atoms with Crippen LogP contribution in [0.15, 0.2) is 78.1 Å². The number of hydrogen-bond donors (Lipinski definition) is 0. The van der Waals surface area contributed by atoms with Gasteiger partial charge in [-0.25, -0.2) is 0 Å². The molecule has 6 heteroatoms. The van der Waals surface area contributed by atoms with Gasteiger partial charge in [-0.2, -0.15) is 0 Å². The number of benzene rings is 1. The average molecular weight is 437 g/mol. The van der Waals surface area contributed by atoms with Crippen LogP contribution in [0.4, 0.5) is 5.69 Å². The highest BCUT2D eigenvalue weighted by atomic mass is 16.5. The number of anilines is 1. The normalized spacial score (nSPS) is 15.5.